The minimum Gasteiger partial charge on any atom is -0.443 e. The van der Waals surface area contributed by atoms with Crippen LogP contribution in [0.5, 0.6) is 0 Å². The first-order valence-corrected chi connectivity index (χ1v) is 7.45. The van der Waals surface area contributed by atoms with Gasteiger partial charge in [-0.1, -0.05) is 38.0 Å². The fourth-order valence-electron chi connectivity index (χ4n) is 2.49. The molecule has 0 aliphatic carbocycles. The molecule has 0 saturated carbocycles. The Morgan fingerprint density at radius 1 is 1.00 bits per heavy atom. The number of fused-ring (bicyclic) bond motifs is 1. The maximum absolute atomic E-state index is 5.59. The third-order valence-electron chi connectivity index (χ3n) is 3.72. The predicted octanol–water partition coefficient (Wildman–Crippen LogP) is 4.50. The molecule has 1 atom stereocenters. The number of aromatic nitrogens is 2. The number of oxazole rings is 1. The molecule has 0 aliphatic rings. The third-order valence-corrected chi connectivity index (χ3v) is 3.72. The summed E-state index contributed by atoms with van der Waals surface area (Å²) in [5, 5.41) is 0. The van der Waals surface area contributed by atoms with E-state index in [-0.39, 0.29) is 5.92 Å². The minimum atomic E-state index is 0.0656. The number of benzene rings is 1. The van der Waals surface area contributed by atoms with Crippen molar-refractivity contribution >= 4 is 11.1 Å². The zero-order chi connectivity index (χ0) is 15.5. The van der Waals surface area contributed by atoms with Gasteiger partial charge in [-0.2, -0.15) is 0 Å². The molecule has 0 aliphatic heterocycles. The van der Waals surface area contributed by atoms with Crippen LogP contribution in [0.15, 0.2) is 47.3 Å². The zero-order valence-corrected chi connectivity index (χ0v) is 13.0. The van der Waals surface area contributed by atoms with E-state index in [0.29, 0.717) is 5.92 Å². The van der Waals surface area contributed by atoms with Gasteiger partial charge in [-0.15, -0.1) is 0 Å². The molecule has 3 aromatic rings. The van der Waals surface area contributed by atoms with Crippen molar-refractivity contribution in [3.8, 4) is 11.8 Å². The lowest BCUT2D eigenvalue weighted by molar-refractivity contribution is 0.594. The molecule has 0 amide bonds. The summed E-state index contributed by atoms with van der Waals surface area (Å²) in [6, 6.07) is 9.96. The van der Waals surface area contributed by atoms with Crippen LogP contribution >= 0.6 is 0 Å². The SMILES string of the molecule is CC(C)c1ccc(C(C)C#Cc2ccccn2)c2ncoc12. The summed E-state index contributed by atoms with van der Waals surface area (Å²) in [4.78, 5) is 8.61. The summed E-state index contributed by atoms with van der Waals surface area (Å²) >= 11 is 0. The van der Waals surface area contributed by atoms with Gasteiger partial charge in [-0.05, 0) is 42.0 Å². The zero-order valence-electron chi connectivity index (χ0n) is 13.0. The molecule has 2 aromatic heterocycles. The maximum Gasteiger partial charge on any atom is 0.182 e. The Bertz CT molecular complexity index is 838. The highest BCUT2D eigenvalue weighted by Crippen LogP contribution is 2.30. The molecule has 1 aromatic carbocycles. The van der Waals surface area contributed by atoms with Gasteiger partial charge >= 0.3 is 0 Å². The second-order valence-corrected chi connectivity index (χ2v) is 5.63. The van der Waals surface area contributed by atoms with Gasteiger partial charge in [0.1, 0.15) is 11.2 Å². The van der Waals surface area contributed by atoms with E-state index >= 15 is 0 Å². The molecule has 0 bridgehead atoms. The van der Waals surface area contributed by atoms with Crippen LogP contribution in [0.2, 0.25) is 0 Å². The largest absolute Gasteiger partial charge is 0.443 e. The second kappa shape index (κ2) is 6.03. The van der Waals surface area contributed by atoms with Crippen LogP contribution < -0.4 is 0 Å². The maximum atomic E-state index is 5.59. The van der Waals surface area contributed by atoms with Gasteiger partial charge in [0.05, 0.1) is 0 Å². The molecule has 2 heterocycles. The standard InChI is InChI=1S/C19H18N2O/c1-13(2)16-9-10-17(18-19(16)22-12-21-18)14(3)7-8-15-6-4-5-11-20-15/h4-6,9-14H,1-3H3. The van der Waals surface area contributed by atoms with E-state index in [0.717, 1.165) is 22.4 Å². The molecular formula is C19H18N2O. The van der Waals surface area contributed by atoms with Crippen LogP contribution in [-0.2, 0) is 0 Å². The molecule has 3 nitrogen and oxygen atoms in total. The van der Waals surface area contributed by atoms with Gasteiger partial charge in [0.2, 0.25) is 0 Å². The number of pyridine rings is 1. The molecule has 3 heteroatoms. The van der Waals surface area contributed by atoms with E-state index in [2.05, 4.69) is 54.7 Å². The Morgan fingerprint density at radius 2 is 1.82 bits per heavy atom. The van der Waals surface area contributed by atoms with Crippen LogP contribution in [0.3, 0.4) is 0 Å². The van der Waals surface area contributed by atoms with Crippen molar-refractivity contribution in [3.63, 3.8) is 0 Å². The van der Waals surface area contributed by atoms with Crippen LogP contribution in [0.25, 0.3) is 11.1 Å². The van der Waals surface area contributed by atoms with E-state index in [1.54, 1.807) is 6.20 Å². The number of hydrogen-bond acceptors (Lipinski definition) is 3. The van der Waals surface area contributed by atoms with E-state index in [9.17, 15) is 0 Å². The van der Waals surface area contributed by atoms with Gasteiger partial charge < -0.3 is 4.42 Å². The van der Waals surface area contributed by atoms with Crippen LogP contribution in [0.1, 0.15) is 49.4 Å². The average Bonchev–Trinajstić information content (AvgIpc) is 3.02. The molecule has 0 radical (unpaired) electrons. The second-order valence-electron chi connectivity index (χ2n) is 5.63. The summed E-state index contributed by atoms with van der Waals surface area (Å²) in [7, 11) is 0. The fourth-order valence-corrected chi connectivity index (χ4v) is 2.49. The summed E-state index contributed by atoms with van der Waals surface area (Å²) in [5.74, 6) is 6.84. The first kappa shape index (κ1) is 14.3. The smallest absolute Gasteiger partial charge is 0.182 e. The van der Waals surface area contributed by atoms with Gasteiger partial charge in [0, 0.05) is 12.1 Å². The van der Waals surface area contributed by atoms with E-state index in [1.807, 2.05) is 18.2 Å². The fraction of sp³-hybridized carbons (Fsp3) is 0.263. The van der Waals surface area contributed by atoms with Crippen molar-refractivity contribution in [2.75, 3.05) is 0 Å². The predicted molar refractivity (Wildman–Crippen MR) is 87.6 cm³/mol. The van der Waals surface area contributed by atoms with Crippen molar-refractivity contribution in [1.29, 1.82) is 0 Å². The van der Waals surface area contributed by atoms with Crippen LogP contribution in [-0.4, -0.2) is 9.97 Å². The molecule has 0 spiro atoms. The Morgan fingerprint density at radius 3 is 2.55 bits per heavy atom. The Hall–Kier alpha value is -2.60. The van der Waals surface area contributed by atoms with E-state index < -0.39 is 0 Å². The van der Waals surface area contributed by atoms with Gasteiger partial charge in [0.15, 0.2) is 12.0 Å². The van der Waals surface area contributed by atoms with Crippen LogP contribution in [0.4, 0.5) is 0 Å². The Balaban J connectivity index is 1.99. The highest BCUT2D eigenvalue weighted by atomic mass is 16.3. The van der Waals surface area contributed by atoms with E-state index in [1.165, 1.54) is 12.0 Å². The first-order valence-electron chi connectivity index (χ1n) is 7.45. The topological polar surface area (TPSA) is 38.9 Å². The highest BCUT2D eigenvalue weighted by Gasteiger charge is 2.15. The Labute approximate surface area is 130 Å². The Kier molecular flexibility index (Phi) is 3.93. The van der Waals surface area contributed by atoms with Gasteiger partial charge in [-0.25, -0.2) is 9.97 Å². The average molecular weight is 290 g/mol. The van der Waals surface area contributed by atoms with Crippen molar-refractivity contribution < 1.29 is 4.42 Å². The third kappa shape index (κ3) is 2.73. The lowest BCUT2D eigenvalue weighted by Crippen LogP contribution is -1.96. The molecule has 3 rings (SSSR count). The monoisotopic (exact) mass is 290 g/mol. The number of nitrogens with zero attached hydrogens (tertiary/aromatic N) is 2. The van der Waals surface area contributed by atoms with Crippen LogP contribution in [0, 0.1) is 11.8 Å². The highest BCUT2D eigenvalue weighted by molar-refractivity contribution is 5.81. The van der Waals surface area contributed by atoms with Crippen molar-refractivity contribution in [1.82, 2.24) is 9.97 Å². The molecule has 22 heavy (non-hydrogen) atoms. The molecule has 0 N–H and O–H groups in total. The normalized spacial score (nSPS) is 12.2. The summed E-state index contributed by atoms with van der Waals surface area (Å²) in [6.45, 7) is 6.39. The lowest BCUT2D eigenvalue weighted by Gasteiger charge is -2.10. The summed E-state index contributed by atoms with van der Waals surface area (Å²) in [6.07, 6.45) is 3.26. The van der Waals surface area contributed by atoms with Crippen molar-refractivity contribution in [2.24, 2.45) is 0 Å². The van der Waals surface area contributed by atoms with Gasteiger partial charge in [-0.3, -0.25) is 0 Å². The molecule has 0 saturated heterocycles. The molecule has 0 fully saturated rings. The molecular weight excluding hydrogens is 272 g/mol. The van der Waals surface area contributed by atoms with E-state index in [4.69, 9.17) is 4.42 Å². The van der Waals surface area contributed by atoms with Crippen molar-refractivity contribution in [3.05, 3.63) is 59.7 Å². The first-order chi connectivity index (χ1) is 10.7. The lowest BCUT2D eigenvalue weighted by atomic mass is 9.94. The minimum absolute atomic E-state index is 0.0656. The van der Waals surface area contributed by atoms with Crippen molar-refractivity contribution in [2.45, 2.75) is 32.6 Å². The quantitative estimate of drug-likeness (QED) is 0.652. The molecule has 1 unspecified atom stereocenters. The number of rotatable bonds is 2. The summed E-state index contributed by atoms with van der Waals surface area (Å²) < 4.78 is 5.59. The number of hydrogen-bond donors (Lipinski definition) is 0. The summed E-state index contributed by atoms with van der Waals surface area (Å²) in [5.41, 5.74) is 4.84. The van der Waals surface area contributed by atoms with Gasteiger partial charge in [0.25, 0.3) is 0 Å². The molecule has 110 valence electrons.